The van der Waals surface area contributed by atoms with E-state index in [2.05, 4.69) is 32.8 Å². The van der Waals surface area contributed by atoms with Crippen molar-refractivity contribution in [3.05, 3.63) is 56.7 Å². The average molecular weight is 572 g/mol. The van der Waals surface area contributed by atoms with Gasteiger partial charge in [0.1, 0.15) is 6.10 Å². The van der Waals surface area contributed by atoms with Crippen LogP contribution in [0.25, 0.3) is 0 Å². The van der Waals surface area contributed by atoms with Crippen molar-refractivity contribution in [2.24, 2.45) is 5.92 Å². The smallest absolute Gasteiger partial charge is 0.251 e. The normalized spacial score (nSPS) is 35.4. The number of carbonyl (C=O) groups is 1. The molecule has 7 heteroatoms. The second-order valence-electron chi connectivity index (χ2n) is 10.9. The molecule has 3 fully saturated rings. The van der Waals surface area contributed by atoms with Gasteiger partial charge in [-0.15, -0.1) is 0 Å². The Kier molecular flexibility index (Phi) is 4.63. The number of hydrogen-bond acceptors (Lipinski definition) is 5. The van der Waals surface area contributed by atoms with Gasteiger partial charge in [-0.05, 0) is 103 Å². The maximum absolute atomic E-state index is 13.2. The highest BCUT2D eigenvalue weighted by Gasteiger charge is 2.73. The summed E-state index contributed by atoms with van der Waals surface area (Å²) in [5, 5.41) is 26.5. The first-order chi connectivity index (χ1) is 16.4. The van der Waals surface area contributed by atoms with Gasteiger partial charge in [0.2, 0.25) is 0 Å². The number of rotatable bonds is 4. The fourth-order valence-electron chi connectivity index (χ4n) is 7.51. The summed E-state index contributed by atoms with van der Waals surface area (Å²) in [6, 6.07) is 11.1. The molecule has 3 N–H and O–H groups in total. The van der Waals surface area contributed by atoms with Crippen LogP contribution in [0.2, 0.25) is 0 Å². The van der Waals surface area contributed by atoms with E-state index in [0.717, 1.165) is 41.0 Å². The quantitative estimate of drug-likeness (QED) is 0.490. The minimum absolute atomic E-state index is 0.0447. The lowest BCUT2D eigenvalue weighted by Gasteiger charge is -2.64. The second-order valence-corrected chi connectivity index (χ2v) is 12.2. The van der Waals surface area contributed by atoms with Gasteiger partial charge in [0.25, 0.3) is 5.91 Å². The van der Waals surface area contributed by atoms with Crippen molar-refractivity contribution in [2.45, 2.75) is 67.7 Å². The molecule has 34 heavy (non-hydrogen) atoms. The predicted octanol–water partition coefficient (Wildman–Crippen LogP) is 3.36. The van der Waals surface area contributed by atoms with Crippen molar-refractivity contribution in [2.75, 3.05) is 13.1 Å². The summed E-state index contributed by atoms with van der Waals surface area (Å²) in [5.41, 5.74) is 1.26. The van der Waals surface area contributed by atoms with Crippen LogP contribution in [0.3, 0.4) is 0 Å². The third-order valence-corrected chi connectivity index (χ3v) is 9.84. The van der Waals surface area contributed by atoms with Crippen LogP contribution in [0.1, 0.15) is 53.6 Å². The summed E-state index contributed by atoms with van der Waals surface area (Å²) >= 11 is 2.22. The number of nitrogens with one attached hydrogen (secondary N) is 1. The third kappa shape index (κ3) is 2.83. The lowest BCUT2D eigenvalue weighted by atomic mass is 9.48. The van der Waals surface area contributed by atoms with Gasteiger partial charge in [0, 0.05) is 27.3 Å². The van der Waals surface area contributed by atoms with E-state index in [0.29, 0.717) is 24.2 Å². The highest BCUT2D eigenvalue weighted by molar-refractivity contribution is 14.1. The average Bonchev–Trinajstić information content (AvgIpc) is 3.56. The summed E-state index contributed by atoms with van der Waals surface area (Å²) in [5.74, 6) is 1.29. The molecule has 6 nitrogen and oxygen atoms in total. The Bertz CT molecular complexity index is 1200. The summed E-state index contributed by atoms with van der Waals surface area (Å²) in [6.45, 7) is 1.97. The number of ether oxygens (including phenoxy) is 1. The molecule has 2 aromatic carbocycles. The number of phenolic OH excluding ortho intramolecular Hbond substituents is 1. The van der Waals surface area contributed by atoms with Gasteiger partial charge in [0.15, 0.2) is 11.5 Å². The van der Waals surface area contributed by atoms with Gasteiger partial charge >= 0.3 is 0 Å². The molecular weight excluding hydrogens is 543 g/mol. The minimum atomic E-state index is -0.930. The van der Waals surface area contributed by atoms with Crippen molar-refractivity contribution >= 4 is 28.5 Å². The Morgan fingerprint density at radius 3 is 2.85 bits per heavy atom. The molecule has 1 saturated heterocycles. The Morgan fingerprint density at radius 1 is 1.21 bits per heavy atom. The number of nitrogens with zero attached hydrogens (tertiary/aromatic N) is 1. The Balaban J connectivity index is 1.29. The summed E-state index contributed by atoms with van der Waals surface area (Å²) in [7, 11) is 0. The van der Waals surface area contributed by atoms with Gasteiger partial charge in [-0.2, -0.15) is 0 Å². The molecule has 3 aliphatic carbocycles. The lowest BCUT2D eigenvalue weighted by Crippen LogP contribution is -2.78. The number of phenols is 1. The monoisotopic (exact) mass is 572 g/mol. The van der Waals surface area contributed by atoms with Gasteiger partial charge in [0.05, 0.1) is 17.1 Å². The van der Waals surface area contributed by atoms with Crippen LogP contribution in [0.15, 0.2) is 36.4 Å². The van der Waals surface area contributed by atoms with E-state index in [1.807, 2.05) is 30.3 Å². The molecular formula is C27H29IN2O4. The SMILES string of the molecule is O=C(NC1CC[C@@]2(O)[C@H]3Cc4ccc(O)c5c4[C@@]2(CCN3CC2CC2)C1O5)c1cccc(I)c1. The first-order valence-corrected chi connectivity index (χ1v) is 13.5. The highest BCUT2D eigenvalue weighted by atomic mass is 127. The number of amides is 1. The fourth-order valence-corrected chi connectivity index (χ4v) is 8.05. The number of benzene rings is 2. The first kappa shape index (κ1) is 21.4. The summed E-state index contributed by atoms with van der Waals surface area (Å²) in [6.07, 6.45) is 5.01. The van der Waals surface area contributed by atoms with Crippen LogP contribution < -0.4 is 10.1 Å². The third-order valence-electron chi connectivity index (χ3n) is 9.17. The van der Waals surface area contributed by atoms with E-state index in [1.165, 1.54) is 18.4 Å². The highest BCUT2D eigenvalue weighted by Crippen LogP contribution is 2.65. The van der Waals surface area contributed by atoms with Crippen LogP contribution in [0.4, 0.5) is 0 Å². The minimum Gasteiger partial charge on any atom is -0.504 e. The lowest BCUT2D eigenvalue weighted by molar-refractivity contribution is -0.191. The van der Waals surface area contributed by atoms with Crippen LogP contribution in [0, 0.1) is 9.49 Å². The number of aliphatic hydroxyl groups is 1. The van der Waals surface area contributed by atoms with E-state index < -0.39 is 17.1 Å². The van der Waals surface area contributed by atoms with Gasteiger partial charge in [-0.1, -0.05) is 12.1 Å². The van der Waals surface area contributed by atoms with Crippen molar-refractivity contribution in [1.29, 1.82) is 0 Å². The van der Waals surface area contributed by atoms with Crippen LogP contribution >= 0.6 is 22.6 Å². The topological polar surface area (TPSA) is 82.0 Å². The Labute approximate surface area is 212 Å². The molecule has 178 valence electrons. The number of aromatic hydroxyl groups is 1. The van der Waals surface area contributed by atoms with Crippen LogP contribution in [-0.2, 0) is 11.8 Å². The molecule has 5 atom stereocenters. The van der Waals surface area contributed by atoms with E-state index in [4.69, 9.17) is 4.74 Å². The molecule has 5 aliphatic rings. The molecule has 2 aliphatic heterocycles. The zero-order valence-corrected chi connectivity index (χ0v) is 21.1. The second kappa shape index (κ2) is 7.34. The number of piperidine rings is 1. The summed E-state index contributed by atoms with van der Waals surface area (Å²) in [4.78, 5) is 15.7. The molecule has 0 radical (unpaired) electrons. The summed E-state index contributed by atoms with van der Waals surface area (Å²) < 4.78 is 7.54. The standard InChI is InChI=1S/C27H29IN2O4/c28-18-3-1-2-17(12-18)25(32)29-19-8-9-27(33)21-13-16-6-7-20(31)23-22(16)26(27,24(19)34-23)10-11-30(21)14-15-4-5-15/h1-3,6-7,12,15,19,21,24,31,33H,4-5,8-11,13-14H2,(H,29,32)/t19?,21-,24?,26+,27-/m1/s1. The molecule has 2 unspecified atom stereocenters. The molecule has 1 amide bonds. The molecule has 2 heterocycles. The number of hydrogen-bond donors (Lipinski definition) is 3. The molecule has 2 aromatic rings. The Hall–Kier alpha value is -1.84. The molecule has 7 rings (SSSR count). The van der Waals surface area contributed by atoms with E-state index in [-0.39, 0.29) is 23.7 Å². The van der Waals surface area contributed by atoms with Crippen LogP contribution in [-0.4, -0.2) is 57.9 Å². The fraction of sp³-hybridized carbons (Fsp3) is 0.519. The predicted molar refractivity (Wildman–Crippen MR) is 135 cm³/mol. The van der Waals surface area contributed by atoms with E-state index in [1.54, 1.807) is 6.07 Å². The van der Waals surface area contributed by atoms with Crippen molar-refractivity contribution in [3.63, 3.8) is 0 Å². The van der Waals surface area contributed by atoms with Crippen molar-refractivity contribution in [1.82, 2.24) is 10.2 Å². The largest absolute Gasteiger partial charge is 0.504 e. The number of halogens is 1. The number of likely N-dealkylation sites (tertiary alicyclic amines) is 1. The van der Waals surface area contributed by atoms with Crippen molar-refractivity contribution in [3.8, 4) is 11.5 Å². The molecule has 2 bridgehead atoms. The van der Waals surface area contributed by atoms with Crippen molar-refractivity contribution < 1.29 is 19.7 Å². The van der Waals surface area contributed by atoms with E-state index in [9.17, 15) is 15.0 Å². The molecule has 0 aromatic heterocycles. The van der Waals surface area contributed by atoms with Gasteiger partial charge in [-0.3, -0.25) is 9.69 Å². The first-order valence-electron chi connectivity index (χ1n) is 12.5. The Morgan fingerprint density at radius 2 is 2.06 bits per heavy atom. The van der Waals surface area contributed by atoms with Gasteiger partial charge < -0.3 is 20.3 Å². The maximum Gasteiger partial charge on any atom is 0.251 e. The molecule has 2 saturated carbocycles. The van der Waals surface area contributed by atoms with Crippen LogP contribution in [0.5, 0.6) is 11.5 Å². The zero-order chi connectivity index (χ0) is 23.2. The van der Waals surface area contributed by atoms with Gasteiger partial charge in [-0.25, -0.2) is 0 Å². The zero-order valence-electron chi connectivity index (χ0n) is 19.0. The number of carbonyl (C=O) groups excluding carboxylic acids is 1. The van der Waals surface area contributed by atoms with E-state index >= 15 is 0 Å². The molecule has 1 spiro atoms. The maximum atomic E-state index is 13.2.